The van der Waals surface area contributed by atoms with E-state index in [0.717, 1.165) is 60.6 Å². The van der Waals surface area contributed by atoms with Crippen molar-refractivity contribution in [3.05, 3.63) is 174 Å². The Bertz CT molecular complexity index is 3210. The number of fused-ring (bicyclic) bond motifs is 10. The predicted molar refractivity (Wildman–Crippen MR) is 227 cm³/mol. The fourth-order valence-electron chi connectivity index (χ4n) is 9.12. The summed E-state index contributed by atoms with van der Waals surface area (Å²) in [6.45, 7) is 9.12. The van der Waals surface area contributed by atoms with Gasteiger partial charge in [-0.2, -0.15) is 0 Å². The number of hydrogen-bond donors (Lipinski definition) is 0. The molecular formula is C51H37N3O2. The molecule has 0 saturated carbocycles. The molecule has 0 radical (unpaired) electrons. The predicted octanol–water partition coefficient (Wildman–Crippen LogP) is 13.4. The Morgan fingerprint density at radius 1 is 0.482 bits per heavy atom. The lowest BCUT2D eigenvalue weighted by Gasteiger charge is -2.23. The Hall–Kier alpha value is -6.85. The number of benzene rings is 7. The van der Waals surface area contributed by atoms with Crippen molar-refractivity contribution in [3.63, 3.8) is 0 Å². The van der Waals surface area contributed by atoms with Crippen LogP contribution in [0.15, 0.2) is 154 Å². The van der Waals surface area contributed by atoms with Gasteiger partial charge in [-0.05, 0) is 75.7 Å². The fraction of sp³-hybridized carbons (Fsp3) is 0.118. The van der Waals surface area contributed by atoms with Crippen molar-refractivity contribution in [2.75, 3.05) is 0 Å². The third-order valence-electron chi connectivity index (χ3n) is 12.0. The summed E-state index contributed by atoms with van der Waals surface area (Å²) in [6, 6.07) is 51.0. The molecule has 11 rings (SSSR count). The number of aryl methyl sites for hydroxylation is 1. The van der Waals surface area contributed by atoms with Crippen LogP contribution in [0, 0.1) is 6.92 Å². The summed E-state index contributed by atoms with van der Waals surface area (Å²) < 4.78 is 13.2. The summed E-state index contributed by atoms with van der Waals surface area (Å²) in [4.78, 5) is 15.7. The maximum Gasteiger partial charge on any atom is 0.178 e. The van der Waals surface area contributed by atoms with Crippen molar-refractivity contribution >= 4 is 43.9 Å². The Morgan fingerprint density at radius 2 is 1.12 bits per heavy atom. The number of rotatable bonds is 5. The van der Waals surface area contributed by atoms with Crippen LogP contribution >= 0.6 is 0 Å². The highest BCUT2D eigenvalue weighted by Crippen LogP contribution is 2.53. The second-order valence-corrected chi connectivity index (χ2v) is 15.6. The van der Waals surface area contributed by atoms with Crippen molar-refractivity contribution in [2.24, 2.45) is 0 Å². The molecule has 1 aliphatic carbocycles. The summed E-state index contributed by atoms with van der Waals surface area (Å²) in [7, 11) is 0. The molecule has 0 bridgehead atoms. The van der Waals surface area contributed by atoms with Crippen LogP contribution in [0.1, 0.15) is 54.8 Å². The van der Waals surface area contributed by atoms with Gasteiger partial charge in [-0.3, -0.25) is 0 Å². The van der Waals surface area contributed by atoms with Crippen LogP contribution in [0.5, 0.6) is 0 Å². The maximum atomic E-state index is 6.80. The number of furan rings is 2. The van der Waals surface area contributed by atoms with Crippen molar-refractivity contribution in [3.8, 4) is 45.0 Å². The van der Waals surface area contributed by atoms with Gasteiger partial charge in [-0.1, -0.05) is 142 Å². The third kappa shape index (κ3) is 4.70. The van der Waals surface area contributed by atoms with E-state index in [1.165, 1.54) is 38.9 Å². The normalized spacial score (nSPS) is 13.8. The van der Waals surface area contributed by atoms with Gasteiger partial charge in [0.05, 0.1) is 5.56 Å². The highest BCUT2D eigenvalue weighted by atomic mass is 16.4. The van der Waals surface area contributed by atoms with E-state index in [4.69, 9.17) is 23.8 Å². The topological polar surface area (TPSA) is 65.0 Å². The summed E-state index contributed by atoms with van der Waals surface area (Å²) in [5.74, 6) is 1.71. The zero-order valence-corrected chi connectivity index (χ0v) is 31.6. The number of para-hydroxylation sites is 2. The number of nitrogens with zero attached hydrogens (tertiary/aromatic N) is 3. The first kappa shape index (κ1) is 32.6. The van der Waals surface area contributed by atoms with Gasteiger partial charge in [0, 0.05) is 38.4 Å². The molecule has 5 nitrogen and oxygen atoms in total. The van der Waals surface area contributed by atoms with Crippen LogP contribution in [0.2, 0.25) is 0 Å². The van der Waals surface area contributed by atoms with Crippen molar-refractivity contribution in [2.45, 2.75) is 39.0 Å². The minimum absolute atomic E-state index is 0.101. The highest BCUT2D eigenvalue weighted by molar-refractivity contribution is 6.20. The lowest BCUT2D eigenvalue weighted by Crippen LogP contribution is -2.15. The van der Waals surface area contributed by atoms with E-state index in [9.17, 15) is 0 Å². The largest absolute Gasteiger partial charge is 0.452 e. The quantitative estimate of drug-likeness (QED) is 0.177. The van der Waals surface area contributed by atoms with Crippen LogP contribution in [0.4, 0.5) is 0 Å². The van der Waals surface area contributed by atoms with E-state index in [1.54, 1.807) is 0 Å². The van der Waals surface area contributed by atoms with E-state index >= 15 is 0 Å². The molecule has 1 atom stereocenters. The molecule has 10 aromatic rings. The van der Waals surface area contributed by atoms with Crippen LogP contribution in [0.25, 0.3) is 88.9 Å². The zero-order chi connectivity index (χ0) is 37.7. The summed E-state index contributed by atoms with van der Waals surface area (Å²) in [6.07, 6.45) is 0. The first-order chi connectivity index (χ1) is 27.4. The van der Waals surface area contributed by atoms with E-state index < -0.39 is 0 Å². The second kappa shape index (κ2) is 12.1. The van der Waals surface area contributed by atoms with Gasteiger partial charge in [0.2, 0.25) is 0 Å². The number of aromatic nitrogens is 3. The van der Waals surface area contributed by atoms with Crippen LogP contribution in [-0.2, 0) is 5.41 Å². The molecule has 268 valence electrons. The summed E-state index contributed by atoms with van der Waals surface area (Å²) in [5, 5.41) is 4.07. The van der Waals surface area contributed by atoms with Crippen molar-refractivity contribution < 1.29 is 8.83 Å². The van der Waals surface area contributed by atoms with Gasteiger partial charge in [-0.15, -0.1) is 0 Å². The third-order valence-corrected chi connectivity index (χ3v) is 12.0. The molecule has 0 spiro atoms. The van der Waals surface area contributed by atoms with Crippen molar-refractivity contribution in [1.82, 2.24) is 15.0 Å². The first-order valence-electron chi connectivity index (χ1n) is 19.3. The molecule has 0 N–H and O–H groups in total. The molecule has 1 unspecified atom stereocenters. The number of hydrogen-bond acceptors (Lipinski definition) is 5. The average Bonchev–Trinajstić information content (AvgIpc) is 3.89. The standard InChI is InChI=1S/C51H37N3O2/c1-29-25-28-41-44(38-20-10-12-23-40(38)51(41,3)4)43(29)34-19-9-8-17-32(34)30(2)48-52-49(31-15-6-5-7-16-31)54-50(53-48)39-22-14-21-35-37-27-26-36-33-18-11-13-24-42(33)55-46(36)47(37)56-45(35)39/h5-28,30H,1-4H3. The first-order valence-corrected chi connectivity index (χ1v) is 19.3. The van der Waals surface area contributed by atoms with Gasteiger partial charge < -0.3 is 8.83 Å². The average molecular weight is 724 g/mol. The summed E-state index contributed by atoms with van der Waals surface area (Å²) >= 11 is 0. The minimum atomic E-state index is -0.166. The molecule has 5 heteroatoms. The lowest BCUT2D eigenvalue weighted by atomic mass is 9.80. The molecule has 0 fully saturated rings. The molecule has 0 aliphatic heterocycles. The maximum absolute atomic E-state index is 6.80. The van der Waals surface area contributed by atoms with Crippen LogP contribution < -0.4 is 0 Å². The Labute approximate surface area is 324 Å². The highest BCUT2D eigenvalue weighted by Gasteiger charge is 2.37. The molecular weight excluding hydrogens is 687 g/mol. The minimum Gasteiger partial charge on any atom is -0.452 e. The Balaban J connectivity index is 1.11. The molecule has 0 saturated heterocycles. The molecule has 0 amide bonds. The molecule has 3 aromatic heterocycles. The van der Waals surface area contributed by atoms with Gasteiger partial charge in [0.15, 0.2) is 22.8 Å². The van der Waals surface area contributed by atoms with Gasteiger partial charge in [0.1, 0.15) is 17.0 Å². The van der Waals surface area contributed by atoms with Crippen LogP contribution in [0.3, 0.4) is 0 Å². The van der Waals surface area contributed by atoms with Crippen molar-refractivity contribution in [1.29, 1.82) is 0 Å². The molecule has 56 heavy (non-hydrogen) atoms. The Kier molecular flexibility index (Phi) is 7.02. The van der Waals surface area contributed by atoms with Crippen LogP contribution in [-0.4, -0.2) is 15.0 Å². The lowest BCUT2D eigenvalue weighted by molar-refractivity contribution is 0.633. The molecule has 7 aromatic carbocycles. The van der Waals surface area contributed by atoms with E-state index in [1.807, 2.05) is 42.5 Å². The molecule has 3 heterocycles. The van der Waals surface area contributed by atoms with Gasteiger partial charge in [-0.25, -0.2) is 15.0 Å². The van der Waals surface area contributed by atoms with Gasteiger partial charge in [0.25, 0.3) is 0 Å². The second-order valence-electron chi connectivity index (χ2n) is 15.6. The SMILES string of the molecule is Cc1ccc2c(c1-c1ccccc1C(C)c1nc(-c3ccccc3)nc(-c3cccc4c3oc3c4ccc4c5ccccc5oc43)n1)-c1ccccc1C2(C)C. The monoisotopic (exact) mass is 723 g/mol. The van der Waals surface area contributed by atoms with E-state index in [0.29, 0.717) is 17.5 Å². The van der Waals surface area contributed by atoms with Gasteiger partial charge >= 0.3 is 0 Å². The van der Waals surface area contributed by atoms with E-state index in [2.05, 4.69) is 131 Å². The van der Waals surface area contributed by atoms with E-state index in [-0.39, 0.29) is 11.3 Å². The molecule has 1 aliphatic rings. The zero-order valence-electron chi connectivity index (χ0n) is 31.6. The smallest absolute Gasteiger partial charge is 0.178 e. The fourth-order valence-corrected chi connectivity index (χ4v) is 9.12. The summed E-state index contributed by atoms with van der Waals surface area (Å²) in [5.41, 5.74) is 14.9. The Morgan fingerprint density at radius 3 is 1.98 bits per heavy atom.